The molecular weight excluding hydrogens is 342 g/mol. The highest BCUT2D eigenvalue weighted by atomic mass is 16.5. The molecule has 0 N–H and O–H groups in total. The first-order valence-electron chi connectivity index (χ1n) is 9.47. The van der Waals surface area contributed by atoms with Crippen LogP contribution in [-0.2, 0) is 20.9 Å². The highest BCUT2D eigenvalue weighted by molar-refractivity contribution is 5.86. The number of hydrogen-bond donors (Lipinski definition) is 0. The average molecular weight is 367 g/mol. The molecular formula is C21H25N3O3. The molecule has 0 spiro atoms. The Hall–Kier alpha value is -2.60. The standard InChI is InChI=1S/C21H25N3O3/c1-27-15-20(26)24(17-9-10-17)14-19(25)23-13-12-22-11-5-8-18(22)21(23)16-6-3-2-4-7-16/h2-8,11,17,21H,9-10,12-15H2,1H3. The van der Waals surface area contributed by atoms with Gasteiger partial charge in [-0.3, -0.25) is 9.59 Å². The molecule has 1 aromatic heterocycles. The third-order valence-corrected chi connectivity index (χ3v) is 5.36. The minimum absolute atomic E-state index is 0.00680. The van der Waals surface area contributed by atoms with Gasteiger partial charge in [-0.15, -0.1) is 0 Å². The fraction of sp³-hybridized carbons (Fsp3) is 0.429. The molecule has 6 heteroatoms. The van der Waals surface area contributed by atoms with E-state index in [1.165, 1.54) is 7.11 Å². The zero-order valence-electron chi connectivity index (χ0n) is 15.6. The van der Waals surface area contributed by atoms with Gasteiger partial charge in [0, 0.05) is 38.1 Å². The zero-order chi connectivity index (χ0) is 18.8. The van der Waals surface area contributed by atoms with Gasteiger partial charge in [-0.2, -0.15) is 0 Å². The number of benzene rings is 1. The summed E-state index contributed by atoms with van der Waals surface area (Å²) < 4.78 is 7.20. The van der Waals surface area contributed by atoms with E-state index >= 15 is 0 Å². The number of fused-ring (bicyclic) bond motifs is 1. The molecule has 2 heterocycles. The van der Waals surface area contributed by atoms with Crippen molar-refractivity contribution in [2.24, 2.45) is 0 Å². The first-order chi connectivity index (χ1) is 13.2. The summed E-state index contributed by atoms with van der Waals surface area (Å²) in [6, 6.07) is 14.3. The van der Waals surface area contributed by atoms with Gasteiger partial charge in [0.25, 0.3) is 0 Å². The molecule has 0 saturated heterocycles. The maximum Gasteiger partial charge on any atom is 0.249 e. The van der Waals surface area contributed by atoms with E-state index in [9.17, 15) is 9.59 Å². The average Bonchev–Trinajstić information content (AvgIpc) is 3.41. The van der Waals surface area contributed by atoms with Gasteiger partial charge in [0.05, 0.1) is 6.04 Å². The van der Waals surface area contributed by atoms with Gasteiger partial charge in [-0.1, -0.05) is 30.3 Å². The summed E-state index contributed by atoms with van der Waals surface area (Å²) in [5, 5.41) is 0. The number of ether oxygens (including phenoxy) is 1. The Morgan fingerprint density at radius 2 is 1.89 bits per heavy atom. The molecule has 4 rings (SSSR count). The number of amides is 2. The quantitative estimate of drug-likeness (QED) is 0.785. The van der Waals surface area contributed by atoms with E-state index < -0.39 is 0 Å². The fourth-order valence-corrected chi connectivity index (χ4v) is 3.89. The number of carbonyl (C=O) groups is 2. The number of carbonyl (C=O) groups excluding carboxylic acids is 2. The van der Waals surface area contributed by atoms with E-state index in [0.717, 1.165) is 30.6 Å². The molecule has 1 fully saturated rings. The van der Waals surface area contributed by atoms with Crippen LogP contribution in [0, 0.1) is 0 Å². The maximum atomic E-state index is 13.2. The van der Waals surface area contributed by atoms with Crippen molar-refractivity contribution in [2.75, 3.05) is 26.8 Å². The van der Waals surface area contributed by atoms with Crippen molar-refractivity contribution < 1.29 is 14.3 Å². The van der Waals surface area contributed by atoms with Crippen molar-refractivity contribution in [3.8, 4) is 0 Å². The van der Waals surface area contributed by atoms with E-state index in [1.807, 2.05) is 29.2 Å². The Morgan fingerprint density at radius 3 is 2.59 bits per heavy atom. The number of aromatic nitrogens is 1. The Labute approximate surface area is 159 Å². The van der Waals surface area contributed by atoms with Crippen LogP contribution in [0.4, 0.5) is 0 Å². The van der Waals surface area contributed by atoms with E-state index in [-0.39, 0.29) is 37.0 Å². The second-order valence-corrected chi connectivity index (χ2v) is 7.21. The third-order valence-electron chi connectivity index (χ3n) is 5.36. The van der Waals surface area contributed by atoms with Gasteiger partial charge < -0.3 is 19.1 Å². The maximum absolute atomic E-state index is 13.2. The molecule has 1 aromatic carbocycles. The van der Waals surface area contributed by atoms with Crippen LogP contribution >= 0.6 is 0 Å². The molecule has 1 unspecified atom stereocenters. The Kier molecular flexibility index (Phi) is 4.99. The van der Waals surface area contributed by atoms with Gasteiger partial charge in [0.1, 0.15) is 13.2 Å². The molecule has 6 nitrogen and oxygen atoms in total. The number of nitrogens with zero attached hydrogens (tertiary/aromatic N) is 3. The van der Waals surface area contributed by atoms with Crippen LogP contribution in [0.2, 0.25) is 0 Å². The SMILES string of the molecule is COCC(=O)N(CC(=O)N1CCn2cccc2C1c1ccccc1)C1CC1. The van der Waals surface area contributed by atoms with Crippen LogP contribution < -0.4 is 0 Å². The minimum Gasteiger partial charge on any atom is -0.375 e. The smallest absolute Gasteiger partial charge is 0.249 e. The summed E-state index contributed by atoms with van der Waals surface area (Å²) in [6.07, 6.45) is 3.99. The molecule has 0 bridgehead atoms. The molecule has 1 atom stereocenters. The van der Waals surface area contributed by atoms with Crippen molar-refractivity contribution in [3.63, 3.8) is 0 Å². The first-order valence-corrected chi connectivity index (χ1v) is 9.47. The van der Waals surface area contributed by atoms with Gasteiger partial charge in [0.2, 0.25) is 11.8 Å². The van der Waals surface area contributed by atoms with Gasteiger partial charge in [-0.25, -0.2) is 0 Å². The predicted molar refractivity (Wildman–Crippen MR) is 101 cm³/mol. The van der Waals surface area contributed by atoms with Crippen LogP contribution in [-0.4, -0.2) is 59.0 Å². The second kappa shape index (κ2) is 7.56. The van der Waals surface area contributed by atoms with Crippen LogP contribution in [0.25, 0.3) is 0 Å². The normalized spacial score (nSPS) is 18.9. The van der Waals surface area contributed by atoms with Crippen molar-refractivity contribution in [2.45, 2.75) is 31.5 Å². The first kappa shape index (κ1) is 17.8. The van der Waals surface area contributed by atoms with Crippen molar-refractivity contribution in [1.29, 1.82) is 0 Å². The third kappa shape index (κ3) is 3.62. The molecule has 2 amide bonds. The minimum atomic E-state index is -0.124. The molecule has 2 aliphatic rings. The van der Waals surface area contributed by atoms with E-state index in [4.69, 9.17) is 4.74 Å². The summed E-state index contributed by atoms with van der Waals surface area (Å²) in [7, 11) is 1.51. The summed E-state index contributed by atoms with van der Waals surface area (Å²) in [5.41, 5.74) is 2.20. The molecule has 2 aromatic rings. The summed E-state index contributed by atoms with van der Waals surface area (Å²) >= 11 is 0. The fourth-order valence-electron chi connectivity index (χ4n) is 3.89. The number of hydrogen-bond acceptors (Lipinski definition) is 3. The van der Waals surface area contributed by atoms with Crippen molar-refractivity contribution >= 4 is 11.8 Å². The highest BCUT2D eigenvalue weighted by Crippen LogP contribution is 2.33. The monoisotopic (exact) mass is 367 g/mol. The van der Waals surface area contributed by atoms with E-state index in [1.54, 1.807) is 4.90 Å². The lowest BCUT2D eigenvalue weighted by Gasteiger charge is -2.38. The van der Waals surface area contributed by atoms with Crippen LogP contribution in [0.15, 0.2) is 48.7 Å². The van der Waals surface area contributed by atoms with Crippen molar-refractivity contribution in [3.05, 3.63) is 59.9 Å². The molecule has 142 valence electrons. The van der Waals surface area contributed by atoms with Crippen molar-refractivity contribution in [1.82, 2.24) is 14.4 Å². The second-order valence-electron chi connectivity index (χ2n) is 7.21. The van der Waals surface area contributed by atoms with E-state index in [0.29, 0.717) is 6.54 Å². The Bertz CT molecular complexity index is 813. The Balaban J connectivity index is 1.59. The lowest BCUT2D eigenvalue weighted by atomic mass is 10.00. The largest absolute Gasteiger partial charge is 0.375 e. The lowest BCUT2D eigenvalue weighted by molar-refractivity contribution is -0.144. The molecule has 1 aliphatic carbocycles. The van der Waals surface area contributed by atoms with Crippen LogP contribution in [0.5, 0.6) is 0 Å². The topological polar surface area (TPSA) is 54.8 Å². The predicted octanol–water partition coefficient (Wildman–Crippen LogP) is 2.06. The molecule has 1 saturated carbocycles. The van der Waals surface area contributed by atoms with Gasteiger partial charge in [0.15, 0.2) is 0 Å². The lowest BCUT2D eigenvalue weighted by Crippen LogP contribution is -2.49. The number of methoxy groups -OCH3 is 1. The summed E-state index contributed by atoms with van der Waals surface area (Å²) in [5.74, 6) is -0.113. The summed E-state index contributed by atoms with van der Waals surface area (Å²) in [4.78, 5) is 29.2. The Morgan fingerprint density at radius 1 is 1.11 bits per heavy atom. The van der Waals surface area contributed by atoms with Gasteiger partial charge in [-0.05, 0) is 30.5 Å². The number of rotatable bonds is 6. The zero-order valence-corrected chi connectivity index (χ0v) is 15.6. The van der Waals surface area contributed by atoms with E-state index in [2.05, 4.69) is 29.0 Å². The molecule has 27 heavy (non-hydrogen) atoms. The molecule has 1 aliphatic heterocycles. The molecule has 0 radical (unpaired) electrons. The van der Waals surface area contributed by atoms with Gasteiger partial charge >= 0.3 is 0 Å². The highest BCUT2D eigenvalue weighted by Gasteiger charge is 2.37. The van der Waals surface area contributed by atoms with Crippen LogP contribution in [0.3, 0.4) is 0 Å². The van der Waals surface area contributed by atoms with Crippen LogP contribution in [0.1, 0.15) is 30.1 Å². The summed E-state index contributed by atoms with van der Waals surface area (Å²) in [6.45, 7) is 1.55.